The first-order chi connectivity index (χ1) is 9.22. The van der Waals surface area contributed by atoms with Gasteiger partial charge < -0.3 is 10.2 Å². The molecule has 0 aromatic carbocycles. The lowest BCUT2D eigenvalue weighted by molar-refractivity contribution is 0.0686. The highest BCUT2D eigenvalue weighted by atomic mass is 16.2. The molecule has 4 nitrogen and oxygen atoms in total. The highest BCUT2D eigenvalue weighted by Gasteiger charge is 2.24. The minimum Gasteiger partial charge on any atom is -0.339 e. The van der Waals surface area contributed by atoms with Crippen molar-refractivity contribution in [1.29, 1.82) is 0 Å². The minimum absolute atomic E-state index is 0.137. The van der Waals surface area contributed by atoms with Crippen molar-refractivity contribution >= 4 is 5.91 Å². The predicted molar refractivity (Wildman–Crippen MR) is 76.1 cm³/mol. The summed E-state index contributed by atoms with van der Waals surface area (Å²) in [6.45, 7) is 4.72. The minimum atomic E-state index is 0.137. The Hall–Kier alpha value is -1.42. The van der Waals surface area contributed by atoms with Gasteiger partial charge in [0, 0.05) is 25.0 Å². The van der Waals surface area contributed by atoms with Crippen LogP contribution in [0.2, 0.25) is 0 Å². The van der Waals surface area contributed by atoms with E-state index < -0.39 is 0 Å². The molecule has 1 aliphatic rings. The molecular formula is C15H23N3O. The number of hydrogen-bond acceptors (Lipinski definition) is 3. The summed E-state index contributed by atoms with van der Waals surface area (Å²) in [6.07, 6.45) is 5.18. The Morgan fingerprint density at radius 2 is 2.21 bits per heavy atom. The number of pyridine rings is 1. The van der Waals surface area contributed by atoms with Crippen LogP contribution in [0.25, 0.3) is 0 Å². The van der Waals surface area contributed by atoms with Gasteiger partial charge in [-0.1, -0.05) is 0 Å². The smallest absolute Gasteiger partial charge is 0.255 e. The molecule has 1 saturated heterocycles. The van der Waals surface area contributed by atoms with Crippen molar-refractivity contribution in [3.63, 3.8) is 0 Å². The molecule has 0 atom stereocenters. The topological polar surface area (TPSA) is 45.2 Å². The van der Waals surface area contributed by atoms with Gasteiger partial charge in [-0.2, -0.15) is 0 Å². The van der Waals surface area contributed by atoms with Crippen molar-refractivity contribution in [3.05, 3.63) is 29.6 Å². The third kappa shape index (κ3) is 3.53. The molecule has 1 aliphatic heterocycles. The van der Waals surface area contributed by atoms with Gasteiger partial charge in [-0.3, -0.25) is 9.78 Å². The lowest BCUT2D eigenvalue weighted by Gasteiger charge is -2.32. The van der Waals surface area contributed by atoms with E-state index >= 15 is 0 Å². The Balaban J connectivity index is 1.91. The van der Waals surface area contributed by atoms with Crippen LogP contribution in [0.3, 0.4) is 0 Å². The second-order valence-electron chi connectivity index (χ2n) is 5.26. The van der Waals surface area contributed by atoms with Crippen LogP contribution in [0.4, 0.5) is 0 Å². The molecule has 0 spiro atoms. The number of amides is 1. The predicted octanol–water partition coefficient (Wildman–Crippen LogP) is 1.85. The summed E-state index contributed by atoms with van der Waals surface area (Å²) in [5.74, 6) is 0.893. The average Bonchev–Trinajstić information content (AvgIpc) is 2.45. The number of piperidine rings is 1. The summed E-state index contributed by atoms with van der Waals surface area (Å²) < 4.78 is 0. The van der Waals surface area contributed by atoms with Gasteiger partial charge in [0.15, 0.2) is 0 Å². The quantitative estimate of drug-likeness (QED) is 0.899. The van der Waals surface area contributed by atoms with Gasteiger partial charge in [-0.05, 0) is 57.8 Å². The first kappa shape index (κ1) is 14.0. The Morgan fingerprint density at radius 1 is 1.47 bits per heavy atom. The van der Waals surface area contributed by atoms with Crippen LogP contribution in [0.1, 0.15) is 35.3 Å². The van der Waals surface area contributed by atoms with E-state index in [0.717, 1.165) is 49.7 Å². The molecule has 104 valence electrons. The number of carbonyl (C=O) groups is 1. The van der Waals surface area contributed by atoms with Crippen LogP contribution in [0, 0.1) is 12.8 Å². The van der Waals surface area contributed by atoms with Crippen molar-refractivity contribution in [1.82, 2.24) is 15.2 Å². The van der Waals surface area contributed by atoms with Crippen LogP contribution in [0.5, 0.6) is 0 Å². The van der Waals surface area contributed by atoms with Gasteiger partial charge in [0.05, 0.1) is 5.56 Å². The fraction of sp³-hybridized carbons (Fsp3) is 0.600. The maximum Gasteiger partial charge on any atom is 0.255 e. The third-order valence-electron chi connectivity index (χ3n) is 3.94. The number of hydrogen-bond donors (Lipinski definition) is 1. The van der Waals surface area contributed by atoms with E-state index in [4.69, 9.17) is 0 Å². The normalized spacial score (nSPS) is 16.6. The standard InChI is InChI=1S/C15H23N3O/c1-12-14(4-3-8-17-12)15(19)18-10-6-13(7-11-18)5-9-16-2/h3-4,8,13,16H,5-7,9-11H2,1-2H3. The number of rotatable bonds is 4. The molecule has 1 aromatic heterocycles. The van der Waals surface area contributed by atoms with Crippen molar-refractivity contribution in [2.45, 2.75) is 26.2 Å². The average molecular weight is 261 g/mol. The molecule has 1 amide bonds. The highest BCUT2D eigenvalue weighted by Crippen LogP contribution is 2.21. The third-order valence-corrected chi connectivity index (χ3v) is 3.94. The van der Waals surface area contributed by atoms with Gasteiger partial charge >= 0.3 is 0 Å². The first-order valence-electron chi connectivity index (χ1n) is 7.08. The van der Waals surface area contributed by atoms with Crippen LogP contribution in [0.15, 0.2) is 18.3 Å². The van der Waals surface area contributed by atoms with E-state index in [-0.39, 0.29) is 5.91 Å². The van der Waals surface area contributed by atoms with Crippen molar-refractivity contribution < 1.29 is 4.79 Å². The fourth-order valence-corrected chi connectivity index (χ4v) is 2.65. The molecule has 2 rings (SSSR count). The van der Waals surface area contributed by atoms with Gasteiger partial charge in [-0.25, -0.2) is 0 Å². The summed E-state index contributed by atoms with van der Waals surface area (Å²) in [7, 11) is 1.99. The van der Waals surface area contributed by atoms with Gasteiger partial charge in [0.1, 0.15) is 0 Å². The lowest BCUT2D eigenvalue weighted by atomic mass is 9.93. The number of carbonyl (C=O) groups excluding carboxylic acids is 1. The Kier molecular flexibility index (Phi) is 4.91. The fourth-order valence-electron chi connectivity index (χ4n) is 2.65. The van der Waals surface area contributed by atoms with E-state index in [1.807, 2.05) is 31.0 Å². The highest BCUT2D eigenvalue weighted by molar-refractivity contribution is 5.95. The Bertz CT molecular complexity index is 425. The largest absolute Gasteiger partial charge is 0.339 e. The summed E-state index contributed by atoms with van der Waals surface area (Å²) in [6, 6.07) is 3.71. The molecule has 4 heteroatoms. The zero-order valence-electron chi connectivity index (χ0n) is 11.9. The monoisotopic (exact) mass is 261 g/mol. The molecule has 0 aliphatic carbocycles. The van der Waals surface area contributed by atoms with Crippen LogP contribution >= 0.6 is 0 Å². The van der Waals surface area contributed by atoms with E-state index in [1.165, 1.54) is 6.42 Å². The van der Waals surface area contributed by atoms with Crippen LogP contribution in [-0.2, 0) is 0 Å². The SMILES string of the molecule is CNCCC1CCN(C(=O)c2cccnc2C)CC1. The molecule has 19 heavy (non-hydrogen) atoms. The molecule has 0 bridgehead atoms. The summed E-state index contributed by atoms with van der Waals surface area (Å²) in [5, 5.41) is 3.19. The summed E-state index contributed by atoms with van der Waals surface area (Å²) >= 11 is 0. The van der Waals surface area contributed by atoms with Gasteiger partial charge in [-0.15, -0.1) is 0 Å². The van der Waals surface area contributed by atoms with E-state index in [1.54, 1.807) is 6.20 Å². The number of aromatic nitrogens is 1. The van der Waals surface area contributed by atoms with E-state index in [2.05, 4.69) is 10.3 Å². The summed E-state index contributed by atoms with van der Waals surface area (Å²) in [4.78, 5) is 18.6. The molecule has 0 saturated carbocycles. The Morgan fingerprint density at radius 3 is 2.84 bits per heavy atom. The molecular weight excluding hydrogens is 238 g/mol. The van der Waals surface area contributed by atoms with Crippen molar-refractivity contribution in [2.75, 3.05) is 26.7 Å². The maximum atomic E-state index is 12.4. The van der Waals surface area contributed by atoms with E-state index in [0.29, 0.717) is 0 Å². The molecule has 0 radical (unpaired) electrons. The number of nitrogens with zero attached hydrogens (tertiary/aromatic N) is 2. The van der Waals surface area contributed by atoms with Crippen LogP contribution in [-0.4, -0.2) is 42.5 Å². The molecule has 1 N–H and O–H groups in total. The zero-order valence-corrected chi connectivity index (χ0v) is 11.9. The maximum absolute atomic E-state index is 12.4. The first-order valence-corrected chi connectivity index (χ1v) is 7.08. The molecule has 1 fully saturated rings. The number of likely N-dealkylation sites (tertiary alicyclic amines) is 1. The summed E-state index contributed by atoms with van der Waals surface area (Å²) in [5.41, 5.74) is 1.57. The second kappa shape index (κ2) is 6.66. The lowest BCUT2D eigenvalue weighted by Crippen LogP contribution is -2.39. The molecule has 0 unspecified atom stereocenters. The number of aryl methyl sites for hydroxylation is 1. The molecule has 1 aromatic rings. The van der Waals surface area contributed by atoms with Gasteiger partial charge in [0.2, 0.25) is 0 Å². The van der Waals surface area contributed by atoms with Crippen molar-refractivity contribution in [3.8, 4) is 0 Å². The van der Waals surface area contributed by atoms with Gasteiger partial charge in [0.25, 0.3) is 5.91 Å². The molecule has 2 heterocycles. The Labute approximate surface area is 115 Å². The van der Waals surface area contributed by atoms with E-state index in [9.17, 15) is 4.79 Å². The number of nitrogens with one attached hydrogen (secondary N) is 1. The van der Waals surface area contributed by atoms with Crippen molar-refractivity contribution in [2.24, 2.45) is 5.92 Å². The zero-order chi connectivity index (χ0) is 13.7. The second-order valence-corrected chi connectivity index (χ2v) is 5.26. The van der Waals surface area contributed by atoms with Crippen LogP contribution < -0.4 is 5.32 Å².